The van der Waals surface area contributed by atoms with E-state index in [0.717, 1.165) is 43.5 Å². The molecule has 0 aliphatic carbocycles. The van der Waals surface area contributed by atoms with Gasteiger partial charge in [-0.3, -0.25) is 0 Å². The molecule has 0 radical (unpaired) electrons. The predicted molar refractivity (Wildman–Crippen MR) is 137 cm³/mol. The fourth-order valence-electron chi connectivity index (χ4n) is 3.47. The number of fused-ring (bicyclic) bond motifs is 1. The molecule has 1 aromatic carbocycles. The summed E-state index contributed by atoms with van der Waals surface area (Å²) in [6, 6.07) is 8.69. The molecule has 2 N–H and O–H groups in total. The summed E-state index contributed by atoms with van der Waals surface area (Å²) in [5.41, 5.74) is 2.18. The van der Waals surface area contributed by atoms with E-state index in [4.69, 9.17) is 14.5 Å². The molecule has 0 saturated heterocycles. The summed E-state index contributed by atoms with van der Waals surface area (Å²) in [6.45, 7) is 11.5. The number of hydrogen-bond acceptors (Lipinski definition) is 5. The van der Waals surface area contributed by atoms with Crippen LogP contribution in [0.2, 0.25) is 0 Å². The van der Waals surface area contributed by atoms with Gasteiger partial charge in [0.05, 0.1) is 25.3 Å². The van der Waals surface area contributed by atoms with Gasteiger partial charge in [-0.2, -0.15) is 5.10 Å². The van der Waals surface area contributed by atoms with E-state index in [1.807, 2.05) is 4.68 Å². The van der Waals surface area contributed by atoms with E-state index < -0.39 is 0 Å². The van der Waals surface area contributed by atoms with E-state index in [9.17, 15) is 0 Å². The van der Waals surface area contributed by atoms with Crippen molar-refractivity contribution >= 4 is 29.9 Å². The zero-order chi connectivity index (χ0) is 22.3. The van der Waals surface area contributed by atoms with Crippen LogP contribution in [-0.4, -0.2) is 46.0 Å². The Morgan fingerprint density at radius 3 is 2.75 bits per heavy atom. The number of methoxy groups -OCH3 is 1. The topological polar surface area (TPSA) is 85.6 Å². The minimum Gasteiger partial charge on any atom is -0.377 e. The van der Waals surface area contributed by atoms with Crippen molar-refractivity contribution in [1.82, 2.24) is 25.4 Å². The molecule has 1 aromatic heterocycles. The second-order valence-corrected chi connectivity index (χ2v) is 8.86. The van der Waals surface area contributed by atoms with E-state index in [1.165, 1.54) is 11.1 Å². The van der Waals surface area contributed by atoms with Gasteiger partial charge in [-0.1, -0.05) is 24.3 Å². The number of aryl methyl sites for hydroxylation is 1. The minimum absolute atomic E-state index is 0. The summed E-state index contributed by atoms with van der Waals surface area (Å²) >= 11 is 0. The fourth-order valence-corrected chi connectivity index (χ4v) is 3.47. The van der Waals surface area contributed by atoms with Gasteiger partial charge in [0.15, 0.2) is 11.8 Å². The smallest absolute Gasteiger partial charge is 0.191 e. The molecule has 2 aromatic rings. The van der Waals surface area contributed by atoms with Gasteiger partial charge >= 0.3 is 0 Å². The third-order valence-electron chi connectivity index (χ3n) is 4.94. The maximum Gasteiger partial charge on any atom is 0.191 e. The highest BCUT2D eigenvalue weighted by atomic mass is 127. The number of guanidine groups is 1. The number of halogens is 1. The van der Waals surface area contributed by atoms with Crippen molar-refractivity contribution in [3.8, 4) is 0 Å². The number of hydrogen-bond donors (Lipinski definition) is 2. The molecular formula is C23H37IN6O2. The van der Waals surface area contributed by atoms with E-state index in [1.54, 1.807) is 7.11 Å². The first-order chi connectivity index (χ1) is 14.9. The molecule has 1 aliphatic rings. The molecular weight excluding hydrogens is 519 g/mol. The zero-order valence-electron chi connectivity index (χ0n) is 19.9. The second kappa shape index (κ2) is 12.5. The van der Waals surface area contributed by atoms with Crippen molar-refractivity contribution in [3.63, 3.8) is 0 Å². The van der Waals surface area contributed by atoms with E-state index in [-0.39, 0.29) is 35.6 Å². The van der Waals surface area contributed by atoms with E-state index in [0.29, 0.717) is 19.8 Å². The molecule has 178 valence electrons. The van der Waals surface area contributed by atoms with Crippen molar-refractivity contribution in [3.05, 3.63) is 47.0 Å². The molecule has 0 bridgehead atoms. The molecule has 9 heteroatoms. The van der Waals surface area contributed by atoms with Gasteiger partial charge in [0.1, 0.15) is 12.4 Å². The van der Waals surface area contributed by atoms with Gasteiger partial charge in [0.2, 0.25) is 0 Å². The van der Waals surface area contributed by atoms with Crippen LogP contribution in [0.1, 0.15) is 56.9 Å². The summed E-state index contributed by atoms with van der Waals surface area (Å²) < 4.78 is 13.0. The number of aliphatic imine (C=N–C) groups is 1. The van der Waals surface area contributed by atoms with Gasteiger partial charge in [0, 0.05) is 26.1 Å². The number of nitrogens with one attached hydrogen (secondary N) is 2. The van der Waals surface area contributed by atoms with Crippen LogP contribution in [0.5, 0.6) is 0 Å². The average molecular weight is 556 g/mol. The fraction of sp³-hybridized carbons (Fsp3) is 0.609. The zero-order valence-corrected chi connectivity index (χ0v) is 22.2. The molecule has 1 aliphatic heterocycles. The molecule has 32 heavy (non-hydrogen) atoms. The maximum absolute atomic E-state index is 5.90. The first kappa shape index (κ1) is 26.5. The Hall–Kier alpha value is -1.72. The molecule has 0 amide bonds. The van der Waals surface area contributed by atoms with Crippen molar-refractivity contribution < 1.29 is 9.47 Å². The molecule has 1 unspecified atom stereocenters. The second-order valence-electron chi connectivity index (χ2n) is 8.86. The van der Waals surface area contributed by atoms with Crippen LogP contribution in [0.4, 0.5) is 0 Å². The highest BCUT2D eigenvalue weighted by molar-refractivity contribution is 14.0. The Morgan fingerprint density at radius 2 is 2.03 bits per heavy atom. The first-order valence-corrected chi connectivity index (χ1v) is 11.0. The Bertz CT molecular complexity index is 878. The van der Waals surface area contributed by atoms with Gasteiger partial charge in [-0.05, 0) is 45.2 Å². The summed E-state index contributed by atoms with van der Waals surface area (Å²) in [5, 5.41) is 11.5. The lowest BCUT2D eigenvalue weighted by Gasteiger charge is -2.25. The quantitative estimate of drug-likeness (QED) is 0.295. The summed E-state index contributed by atoms with van der Waals surface area (Å²) in [4.78, 5) is 9.35. The first-order valence-electron chi connectivity index (χ1n) is 11.0. The van der Waals surface area contributed by atoms with Crippen LogP contribution in [0, 0.1) is 0 Å². The maximum atomic E-state index is 5.90. The Labute approximate surface area is 208 Å². The normalized spacial score (nSPS) is 16.3. The average Bonchev–Trinajstić information content (AvgIpc) is 3.12. The third-order valence-corrected chi connectivity index (χ3v) is 4.94. The molecule has 8 nitrogen and oxygen atoms in total. The Morgan fingerprint density at radius 1 is 1.25 bits per heavy atom. The van der Waals surface area contributed by atoms with E-state index >= 15 is 0 Å². The monoisotopic (exact) mass is 556 g/mol. The van der Waals surface area contributed by atoms with Gasteiger partial charge in [-0.25, -0.2) is 14.7 Å². The highest BCUT2D eigenvalue weighted by Crippen LogP contribution is 2.15. The van der Waals surface area contributed by atoms with E-state index in [2.05, 4.69) is 72.7 Å². The van der Waals surface area contributed by atoms with Crippen LogP contribution in [0.15, 0.2) is 29.3 Å². The molecule has 0 fully saturated rings. The van der Waals surface area contributed by atoms with Crippen LogP contribution in [-0.2, 0) is 42.2 Å². The summed E-state index contributed by atoms with van der Waals surface area (Å²) in [5.74, 6) is 2.60. The number of nitrogens with zero attached hydrogens (tertiary/aromatic N) is 4. The third kappa shape index (κ3) is 8.32. The van der Waals surface area contributed by atoms with Gasteiger partial charge in [-0.15, -0.1) is 24.0 Å². The Balaban J connectivity index is 0.00000363. The van der Waals surface area contributed by atoms with Crippen LogP contribution < -0.4 is 10.6 Å². The minimum atomic E-state index is -0.148. The summed E-state index contributed by atoms with van der Waals surface area (Å²) in [7, 11) is 1.66. The molecule has 1 atom stereocenters. The van der Waals surface area contributed by atoms with Crippen molar-refractivity contribution in [2.45, 2.75) is 78.5 Å². The SMILES string of the molecule is CCNC(=NCc1cccc(COC(C)(C)C)c1)NC1CCc2nc(COC)nn2C1.I. The van der Waals surface area contributed by atoms with Crippen molar-refractivity contribution in [1.29, 1.82) is 0 Å². The molecule has 0 saturated carbocycles. The number of benzene rings is 1. The van der Waals surface area contributed by atoms with Crippen LogP contribution in [0.3, 0.4) is 0 Å². The van der Waals surface area contributed by atoms with Crippen LogP contribution in [0.25, 0.3) is 0 Å². The molecule has 3 rings (SSSR count). The number of aromatic nitrogens is 3. The Kier molecular flexibility index (Phi) is 10.4. The molecule has 0 spiro atoms. The van der Waals surface area contributed by atoms with Crippen LogP contribution >= 0.6 is 24.0 Å². The lowest BCUT2D eigenvalue weighted by atomic mass is 10.1. The highest BCUT2D eigenvalue weighted by Gasteiger charge is 2.22. The lowest BCUT2D eigenvalue weighted by molar-refractivity contribution is -0.0149. The summed E-state index contributed by atoms with van der Waals surface area (Å²) in [6.07, 6.45) is 1.89. The lowest BCUT2D eigenvalue weighted by Crippen LogP contribution is -2.47. The van der Waals surface area contributed by atoms with Gasteiger partial charge < -0.3 is 20.1 Å². The van der Waals surface area contributed by atoms with Crippen molar-refractivity contribution in [2.75, 3.05) is 13.7 Å². The number of ether oxygens (including phenoxy) is 2. The molecule has 2 heterocycles. The number of rotatable bonds is 8. The standard InChI is InChI=1S/C23H36N6O2.HI/c1-6-24-22(25-13-17-8-7-9-18(12-17)15-31-23(2,3)4)26-19-10-11-21-27-20(16-30-5)28-29(21)14-19;/h7-9,12,19H,6,10-11,13-16H2,1-5H3,(H2,24,25,26);1H. The van der Waals surface area contributed by atoms with Gasteiger partial charge in [0.25, 0.3) is 0 Å². The van der Waals surface area contributed by atoms with Crippen molar-refractivity contribution in [2.24, 2.45) is 4.99 Å². The predicted octanol–water partition coefficient (Wildman–Crippen LogP) is 3.43. The largest absolute Gasteiger partial charge is 0.377 e.